The number of carbonyl (C=O) groups is 1. The second kappa shape index (κ2) is 8.94. The Morgan fingerprint density at radius 2 is 2.00 bits per heavy atom. The maximum Gasteiger partial charge on any atom is 0.395 e. The molecule has 0 aliphatic heterocycles. The largest absolute Gasteiger partial charge is 0.508 e. The van der Waals surface area contributed by atoms with Crippen LogP contribution in [0.4, 0.5) is 13.2 Å². The molecular weight excluding hydrogens is 409 g/mol. The molecule has 0 saturated heterocycles. The van der Waals surface area contributed by atoms with E-state index in [4.69, 9.17) is 4.42 Å². The molecule has 1 aromatic heterocycles. The smallest absolute Gasteiger partial charge is 0.395 e. The first-order chi connectivity index (χ1) is 14.5. The van der Waals surface area contributed by atoms with Gasteiger partial charge in [-0.25, -0.2) is 0 Å². The highest BCUT2D eigenvalue weighted by atomic mass is 19.4. The van der Waals surface area contributed by atoms with Crippen molar-refractivity contribution < 1.29 is 27.5 Å². The Labute approximate surface area is 180 Å². The average molecular weight is 438 g/mol. The van der Waals surface area contributed by atoms with Crippen LogP contribution in [0.15, 0.2) is 41.2 Å². The van der Waals surface area contributed by atoms with E-state index < -0.39 is 23.4 Å². The van der Waals surface area contributed by atoms with Crippen molar-refractivity contribution in [2.24, 2.45) is 5.41 Å². The standard InChI is InChI=1S/C23H29F3N2O3/c1-15-10-19(29)5-4-16(15)11-18(28(2)3)13-27-21(30)12-20(17-6-9-31-14-17)22(7-8-22)23(24,25)26/h4-6,9-10,14,18,20,29H,7-8,11-13H2,1-3H3,(H,27,30)/t18-,20-/m0/s1. The highest BCUT2D eigenvalue weighted by molar-refractivity contribution is 5.77. The van der Waals surface area contributed by atoms with E-state index in [1.165, 1.54) is 18.6 Å². The second-order valence-corrected chi connectivity index (χ2v) is 8.70. The quantitative estimate of drug-likeness (QED) is 0.609. The van der Waals surface area contributed by atoms with Gasteiger partial charge in [0, 0.05) is 24.9 Å². The predicted octanol–water partition coefficient (Wildman–Crippen LogP) is 4.40. The van der Waals surface area contributed by atoms with Crippen LogP contribution in [0.3, 0.4) is 0 Å². The summed E-state index contributed by atoms with van der Waals surface area (Å²) in [6, 6.07) is 6.62. The molecule has 0 spiro atoms. The van der Waals surface area contributed by atoms with Crippen LogP contribution in [0.5, 0.6) is 5.75 Å². The van der Waals surface area contributed by atoms with Crippen LogP contribution in [-0.4, -0.2) is 48.8 Å². The minimum atomic E-state index is -4.36. The number of carbonyl (C=O) groups excluding carboxylic acids is 1. The summed E-state index contributed by atoms with van der Waals surface area (Å²) in [6.45, 7) is 2.21. The van der Waals surface area contributed by atoms with E-state index in [-0.39, 0.29) is 31.1 Å². The van der Waals surface area contributed by atoms with E-state index >= 15 is 0 Å². The lowest BCUT2D eigenvalue weighted by molar-refractivity contribution is -0.194. The first-order valence-corrected chi connectivity index (χ1v) is 10.3. The second-order valence-electron chi connectivity index (χ2n) is 8.70. The van der Waals surface area contributed by atoms with E-state index in [0.717, 1.165) is 11.1 Å². The van der Waals surface area contributed by atoms with E-state index in [9.17, 15) is 23.1 Å². The summed E-state index contributed by atoms with van der Waals surface area (Å²) in [7, 11) is 3.79. The number of rotatable bonds is 9. The van der Waals surface area contributed by atoms with Crippen LogP contribution in [-0.2, 0) is 11.2 Å². The minimum Gasteiger partial charge on any atom is -0.508 e. The first-order valence-electron chi connectivity index (χ1n) is 10.3. The van der Waals surface area contributed by atoms with Crippen molar-refractivity contribution in [3.05, 3.63) is 53.5 Å². The minimum absolute atomic E-state index is 0.0279. The van der Waals surface area contributed by atoms with Crippen molar-refractivity contribution in [2.45, 2.75) is 50.7 Å². The van der Waals surface area contributed by atoms with Gasteiger partial charge in [-0.3, -0.25) is 4.79 Å². The zero-order valence-corrected chi connectivity index (χ0v) is 18.0. The van der Waals surface area contributed by atoms with Crippen molar-refractivity contribution in [2.75, 3.05) is 20.6 Å². The van der Waals surface area contributed by atoms with Gasteiger partial charge in [-0.05, 0) is 75.2 Å². The topological polar surface area (TPSA) is 65.7 Å². The lowest BCUT2D eigenvalue weighted by atomic mass is 9.81. The van der Waals surface area contributed by atoms with Gasteiger partial charge in [0.2, 0.25) is 5.91 Å². The van der Waals surface area contributed by atoms with Gasteiger partial charge in [-0.2, -0.15) is 13.2 Å². The molecule has 1 aliphatic rings. The molecule has 1 heterocycles. The molecule has 2 aromatic rings. The third kappa shape index (κ3) is 5.23. The number of furan rings is 1. The average Bonchev–Trinajstić information content (AvgIpc) is 3.32. The number of nitrogens with zero attached hydrogens (tertiary/aromatic N) is 1. The molecule has 31 heavy (non-hydrogen) atoms. The molecule has 170 valence electrons. The van der Waals surface area contributed by atoms with Crippen molar-refractivity contribution in [3.8, 4) is 5.75 Å². The Kier molecular flexibility index (Phi) is 6.69. The highest BCUT2D eigenvalue weighted by Gasteiger charge is 2.67. The summed E-state index contributed by atoms with van der Waals surface area (Å²) in [4.78, 5) is 14.7. The fourth-order valence-corrected chi connectivity index (χ4v) is 4.16. The van der Waals surface area contributed by atoms with Crippen LogP contribution < -0.4 is 5.32 Å². The molecule has 1 aromatic carbocycles. The molecule has 8 heteroatoms. The van der Waals surface area contributed by atoms with Crippen molar-refractivity contribution in [1.29, 1.82) is 0 Å². The summed E-state index contributed by atoms with van der Waals surface area (Å²) in [5.41, 5.74) is 0.544. The molecule has 3 rings (SSSR count). The van der Waals surface area contributed by atoms with Gasteiger partial charge in [0.25, 0.3) is 0 Å². The van der Waals surface area contributed by atoms with Gasteiger partial charge in [0.05, 0.1) is 17.9 Å². The first kappa shape index (κ1) is 23.2. The summed E-state index contributed by atoms with van der Waals surface area (Å²) < 4.78 is 46.2. The normalized spacial score (nSPS) is 17.4. The lowest BCUT2D eigenvalue weighted by Crippen LogP contribution is -2.42. The highest BCUT2D eigenvalue weighted by Crippen LogP contribution is 2.66. The molecule has 1 aliphatic carbocycles. The number of halogens is 3. The Morgan fingerprint density at radius 1 is 1.29 bits per heavy atom. The van der Waals surface area contributed by atoms with Crippen molar-refractivity contribution >= 4 is 5.91 Å². The summed E-state index contributed by atoms with van der Waals surface area (Å²) >= 11 is 0. The Hall–Kier alpha value is -2.48. The third-order valence-electron chi connectivity index (χ3n) is 6.40. The number of likely N-dealkylation sites (N-methyl/N-ethyl adjacent to an activating group) is 1. The van der Waals surface area contributed by atoms with E-state index in [1.54, 1.807) is 12.1 Å². The van der Waals surface area contributed by atoms with Crippen LogP contribution in [0.2, 0.25) is 0 Å². The molecule has 2 N–H and O–H groups in total. The molecule has 2 atom stereocenters. The van der Waals surface area contributed by atoms with E-state index in [1.807, 2.05) is 32.0 Å². The van der Waals surface area contributed by atoms with Crippen LogP contribution in [0, 0.1) is 12.3 Å². The number of amides is 1. The van der Waals surface area contributed by atoms with Gasteiger partial charge in [0.15, 0.2) is 0 Å². The number of benzene rings is 1. The number of hydrogen-bond acceptors (Lipinski definition) is 4. The zero-order chi connectivity index (χ0) is 22.8. The van der Waals surface area contributed by atoms with Gasteiger partial charge >= 0.3 is 6.18 Å². The van der Waals surface area contributed by atoms with Gasteiger partial charge in [-0.1, -0.05) is 6.07 Å². The van der Waals surface area contributed by atoms with Crippen LogP contribution in [0.1, 0.15) is 41.9 Å². The number of alkyl halides is 3. The SMILES string of the molecule is Cc1cc(O)ccc1C[C@@H](CNC(=O)C[C@@H](c1ccoc1)C1(C(F)(F)F)CC1)N(C)C. The van der Waals surface area contributed by atoms with E-state index in [0.29, 0.717) is 18.5 Å². The van der Waals surface area contributed by atoms with Crippen molar-refractivity contribution in [3.63, 3.8) is 0 Å². The molecular formula is C23H29F3N2O3. The fraction of sp³-hybridized carbons (Fsp3) is 0.522. The number of aryl methyl sites for hydroxylation is 1. The molecule has 1 amide bonds. The number of phenolic OH excluding ortho intramolecular Hbond substituents is 1. The third-order valence-corrected chi connectivity index (χ3v) is 6.40. The summed E-state index contributed by atoms with van der Waals surface area (Å²) in [5.74, 6) is -1.17. The van der Waals surface area contributed by atoms with Gasteiger partial charge in [0.1, 0.15) is 5.75 Å². The monoisotopic (exact) mass is 438 g/mol. The van der Waals surface area contributed by atoms with Crippen LogP contribution in [0.25, 0.3) is 0 Å². The van der Waals surface area contributed by atoms with E-state index in [2.05, 4.69) is 5.32 Å². The van der Waals surface area contributed by atoms with Gasteiger partial charge in [-0.15, -0.1) is 0 Å². The molecule has 0 bridgehead atoms. The molecule has 0 radical (unpaired) electrons. The predicted molar refractivity (Wildman–Crippen MR) is 111 cm³/mol. The summed E-state index contributed by atoms with van der Waals surface area (Å²) in [6.07, 6.45) is -1.26. The number of hydrogen-bond donors (Lipinski definition) is 2. The van der Waals surface area contributed by atoms with Gasteiger partial charge < -0.3 is 19.7 Å². The Bertz CT molecular complexity index is 890. The number of nitrogens with one attached hydrogen (secondary N) is 1. The maximum absolute atomic E-state index is 13.7. The molecule has 1 fully saturated rings. The summed E-state index contributed by atoms with van der Waals surface area (Å²) in [5, 5.41) is 12.4. The lowest BCUT2D eigenvalue weighted by Gasteiger charge is -2.29. The molecule has 1 saturated carbocycles. The molecule has 0 unspecified atom stereocenters. The Balaban J connectivity index is 1.66. The fourth-order valence-electron chi connectivity index (χ4n) is 4.16. The van der Waals surface area contributed by atoms with Crippen molar-refractivity contribution in [1.82, 2.24) is 10.2 Å². The maximum atomic E-state index is 13.7. The molecule has 5 nitrogen and oxygen atoms in total. The zero-order valence-electron chi connectivity index (χ0n) is 18.0. The van der Waals surface area contributed by atoms with Crippen LogP contribution >= 0.6 is 0 Å². The Morgan fingerprint density at radius 3 is 2.52 bits per heavy atom. The number of aromatic hydroxyl groups is 1. The number of phenols is 1.